The highest BCUT2D eigenvalue weighted by Crippen LogP contribution is 2.32. The fourth-order valence-electron chi connectivity index (χ4n) is 2.78. The van der Waals surface area contributed by atoms with Crippen LogP contribution in [0, 0.1) is 29.6 Å². The van der Waals surface area contributed by atoms with E-state index in [9.17, 15) is 4.79 Å². The second kappa shape index (κ2) is 9.37. The SMILES string of the molecule is C#CCN1CCC(C(=O)Nc2ccccc2S[C@@H](C)CC#N)CC1. The zero-order chi connectivity index (χ0) is 17.4. The zero-order valence-corrected chi connectivity index (χ0v) is 14.8. The van der Waals surface area contributed by atoms with E-state index in [0.29, 0.717) is 13.0 Å². The van der Waals surface area contributed by atoms with E-state index in [1.165, 1.54) is 0 Å². The molecule has 5 heteroatoms. The number of nitrogens with zero attached hydrogens (tertiary/aromatic N) is 2. The van der Waals surface area contributed by atoms with Gasteiger partial charge in [0.2, 0.25) is 5.91 Å². The zero-order valence-electron chi connectivity index (χ0n) is 14.0. The molecule has 24 heavy (non-hydrogen) atoms. The van der Waals surface area contributed by atoms with Crippen LogP contribution in [0.4, 0.5) is 5.69 Å². The summed E-state index contributed by atoms with van der Waals surface area (Å²) in [5.74, 6) is 2.77. The van der Waals surface area contributed by atoms with Crippen LogP contribution in [-0.4, -0.2) is 35.7 Å². The lowest BCUT2D eigenvalue weighted by atomic mass is 9.96. The van der Waals surface area contributed by atoms with Gasteiger partial charge in [-0.25, -0.2) is 0 Å². The number of anilines is 1. The Morgan fingerprint density at radius 3 is 2.83 bits per heavy atom. The molecule has 1 amide bonds. The number of piperidine rings is 1. The van der Waals surface area contributed by atoms with E-state index >= 15 is 0 Å². The third-order valence-electron chi connectivity index (χ3n) is 4.13. The standard InChI is InChI=1S/C19H23N3OS/c1-3-12-22-13-9-16(10-14-22)19(23)21-17-6-4-5-7-18(17)24-15(2)8-11-20/h1,4-7,15-16H,8-10,12-14H2,2H3,(H,21,23)/t15-/m0/s1. The Hall–Kier alpha value is -1.95. The van der Waals surface area contributed by atoms with Crippen LogP contribution in [-0.2, 0) is 4.79 Å². The van der Waals surface area contributed by atoms with Crippen molar-refractivity contribution in [2.75, 3.05) is 25.0 Å². The fraction of sp³-hybridized carbons (Fsp3) is 0.474. The number of carbonyl (C=O) groups is 1. The number of amides is 1. The molecule has 1 aliphatic heterocycles. The maximum atomic E-state index is 12.6. The minimum absolute atomic E-state index is 0.0358. The van der Waals surface area contributed by atoms with Crippen molar-refractivity contribution in [3.63, 3.8) is 0 Å². The van der Waals surface area contributed by atoms with E-state index in [1.54, 1.807) is 11.8 Å². The Morgan fingerprint density at radius 1 is 1.46 bits per heavy atom. The first-order valence-corrected chi connectivity index (χ1v) is 9.11. The molecular formula is C19H23N3OS. The van der Waals surface area contributed by atoms with Gasteiger partial charge < -0.3 is 5.32 Å². The molecule has 126 valence electrons. The van der Waals surface area contributed by atoms with Crippen molar-refractivity contribution in [1.82, 2.24) is 4.90 Å². The van der Waals surface area contributed by atoms with Gasteiger partial charge in [0, 0.05) is 22.5 Å². The van der Waals surface area contributed by atoms with Gasteiger partial charge in [0.05, 0.1) is 18.3 Å². The number of thioether (sulfide) groups is 1. The third kappa shape index (κ3) is 5.30. The van der Waals surface area contributed by atoms with E-state index in [-0.39, 0.29) is 17.1 Å². The number of hydrogen-bond donors (Lipinski definition) is 1. The maximum absolute atomic E-state index is 12.6. The van der Waals surface area contributed by atoms with Crippen LogP contribution in [0.15, 0.2) is 29.2 Å². The van der Waals surface area contributed by atoms with Crippen LogP contribution in [0.2, 0.25) is 0 Å². The summed E-state index contributed by atoms with van der Waals surface area (Å²) in [6, 6.07) is 9.97. The molecule has 0 radical (unpaired) electrons. The predicted octanol–water partition coefficient (Wildman–Crippen LogP) is 3.36. The Kier molecular flexibility index (Phi) is 7.18. The van der Waals surface area contributed by atoms with Crippen molar-refractivity contribution in [2.24, 2.45) is 5.92 Å². The van der Waals surface area contributed by atoms with Crippen molar-refractivity contribution in [2.45, 2.75) is 36.3 Å². The van der Waals surface area contributed by atoms with Gasteiger partial charge in [0.25, 0.3) is 0 Å². The lowest BCUT2D eigenvalue weighted by molar-refractivity contribution is -0.121. The lowest BCUT2D eigenvalue weighted by Crippen LogP contribution is -2.38. The van der Waals surface area contributed by atoms with Crippen molar-refractivity contribution in [3.8, 4) is 18.4 Å². The van der Waals surface area contributed by atoms with Gasteiger partial charge in [-0.3, -0.25) is 9.69 Å². The number of hydrogen-bond acceptors (Lipinski definition) is 4. The van der Waals surface area contributed by atoms with Crippen molar-refractivity contribution in [1.29, 1.82) is 5.26 Å². The molecule has 1 atom stereocenters. The van der Waals surface area contributed by atoms with Crippen molar-refractivity contribution < 1.29 is 4.79 Å². The summed E-state index contributed by atoms with van der Waals surface area (Å²) in [5, 5.41) is 12.1. The van der Waals surface area contributed by atoms with E-state index in [2.05, 4.69) is 22.2 Å². The monoisotopic (exact) mass is 341 g/mol. The normalized spacial score (nSPS) is 16.8. The maximum Gasteiger partial charge on any atom is 0.227 e. The summed E-state index contributed by atoms with van der Waals surface area (Å²) in [6.07, 6.45) is 7.51. The van der Waals surface area contributed by atoms with Gasteiger partial charge in [-0.05, 0) is 38.1 Å². The van der Waals surface area contributed by atoms with Gasteiger partial charge >= 0.3 is 0 Å². The Morgan fingerprint density at radius 2 is 2.17 bits per heavy atom. The summed E-state index contributed by atoms with van der Waals surface area (Å²) in [6.45, 7) is 4.42. The van der Waals surface area contributed by atoms with Crippen LogP contribution in [0.5, 0.6) is 0 Å². The van der Waals surface area contributed by atoms with E-state index in [4.69, 9.17) is 11.7 Å². The Bertz CT molecular complexity index is 639. The molecule has 1 aromatic carbocycles. The summed E-state index contributed by atoms with van der Waals surface area (Å²) in [4.78, 5) is 15.8. The molecule has 0 aromatic heterocycles. The molecule has 1 fully saturated rings. The molecular weight excluding hydrogens is 318 g/mol. The molecule has 0 bridgehead atoms. The van der Waals surface area contributed by atoms with Crippen LogP contribution in [0.3, 0.4) is 0 Å². The second-order valence-electron chi connectivity index (χ2n) is 6.03. The Labute approximate surface area is 148 Å². The molecule has 1 aromatic rings. The number of nitriles is 1. The molecule has 0 spiro atoms. The smallest absolute Gasteiger partial charge is 0.227 e. The van der Waals surface area contributed by atoms with Gasteiger partial charge in [-0.15, -0.1) is 18.2 Å². The summed E-state index contributed by atoms with van der Waals surface area (Å²) in [5.41, 5.74) is 0.836. The van der Waals surface area contributed by atoms with Gasteiger partial charge in [0.1, 0.15) is 0 Å². The largest absolute Gasteiger partial charge is 0.325 e. The molecule has 0 saturated carbocycles. The number of likely N-dealkylation sites (tertiary alicyclic amines) is 1. The number of para-hydroxylation sites is 1. The highest BCUT2D eigenvalue weighted by molar-refractivity contribution is 8.00. The number of terminal acetylenes is 1. The first-order valence-electron chi connectivity index (χ1n) is 8.23. The molecule has 1 aliphatic rings. The highest BCUT2D eigenvalue weighted by Gasteiger charge is 2.25. The predicted molar refractivity (Wildman–Crippen MR) is 98.6 cm³/mol. The van der Waals surface area contributed by atoms with Crippen LogP contribution < -0.4 is 5.32 Å². The summed E-state index contributed by atoms with van der Waals surface area (Å²) >= 11 is 1.62. The molecule has 1 N–H and O–H groups in total. The lowest BCUT2D eigenvalue weighted by Gasteiger charge is -2.30. The van der Waals surface area contributed by atoms with E-state index < -0.39 is 0 Å². The molecule has 1 heterocycles. The first-order chi connectivity index (χ1) is 11.6. The number of nitrogens with one attached hydrogen (secondary N) is 1. The van der Waals surface area contributed by atoms with Crippen LogP contribution >= 0.6 is 11.8 Å². The number of rotatable bonds is 6. The van der Waals surface area contributed by atoms with Crippen LogP contribution in [0.25, 0.3) is 0 Å². The molecule has 2 rings (SSSR count). The number of carbonyl (C=O) groups excluding carboxylic acids is 1. The quantitative estimate of drug-likeness (QED) is 0.637. The highest BCUT2D eigenvalue weighted by atomic mass is 32.2. The topological polar surface area (TPSA) is 56.1 Å². The van der Waals surface area contributed by atoms with Crippen LogP contribution in [0.1, 0.15) is 26.2 Å². The summed E-state index contributed by atoms with van der Waals surface area (Å²) < 4.78 is 0. The molecule has 4 nitrogen and oxygen atoms in total. The van der Waals surface area contributed by atoms with Gasteiger partial charge in [-0.1, -0.05) is 25.0 Å². The van der Waals surface area contributed by atoms with Crippen molar-refractivity contribution >= 4 is 23.4 Å². The van der Waals surface area contributed by atoms with Crippen molar-refractivity contribution in [3.05, 3.63) is 24.3 Å². The average Bonchev–Trinajstić information content (AvgIpc) is 2.58. The molecule has 0 unspecified atom stereocenters. The third-order valence-corrected chi connectivity index (χ3v) is 5.30. The first kappa shape index (κ1) is 18.4. The fourth-order valence-corrected chi connectivity index (χ4v) is 3.77. The average molecular weight is 341 g/mol. The van der Waals surface area contributed by atoms with Gasteiger partial charge in [0.15, 0.2) is 0 Å². The minimum Gasteiger partial charge on any atom is -0.325 e. The Balaban J connectivity index is 1.95. The summed E-state index contributed by atoms with van der Waals surface area (Å²) in [7, 11) is 0. The molecule has 1 saturated heterocycles. The van der Waals surface area contributed by atoms with E-state index in [1.807, 2.05) is 31.2 Å². The van der Waals surface area contributed by atoms with E-state index in [0.717, 1.165) is 36.5 Å². The second-order valence-corrected chi connectivity index (χ2v) is 7.51. The van der Waals surface area contributed by atoms with Gasteiger partial charge in [-0.2, -0.15) is 5.26 Å². The number of benzene rings is 1. The minimum atomic E-state index is 0.0358. The molecule has 0 aliphatic carbocycles.